The maximum atomic E-state index is 12.8. The second-order valence-electron chi connectivity index (χ2n) is 11.3. The summed E-state index contributed by atoms with van der Waals surface area (Å²) >= 11 is 0. The molecule has 8 nitrogen and oxygen atoms in total. The molecule has 1 saturated carbocycles. The van der Waals surface area contributed by atoms with Gasteiger partial charge in [0.15, 0.2) is 6.61 Å². The molecule has 2 aromatic carbocycles. The highest BCUT2D eigenvalue weighted by molar-refractivity contribution is 6.07. The van der Waals surface area contributed by atoms with E-state index >= 15 is 0 Å². The number of β-amino-alcohol motifs (C(OH)–C–C–N with tert-alkyl or cyclic N) is 1. The second kappa shape index (κ2) is 10.4. The molecule has 1 heterocycles. The maximum Gasteiger partial charge on any atom is 0.341 e. The zero-order valence-corrected chi connectivity index (χ0v) is 22.0. The molecule has 38 heavy (non-hydrogen) atoms. The second-order valence-corrected chi connectivity index (χ2v) is 11.3. The van der Waals surface area contributed by atoms with E-state index in [1.807, 2.05) is 36.4 Å². The molecule has 2 aromatic rings. The minimum absolute atomic E-state index is 0.0631. The van der Waals surface area contributed by atoms with E-state index in [4.69, 9.17) is 14.6 Å². The van der Waals surface area contributed by atoms with Crippen LogP contribution in [0.3, 0.4) is 0 Å². The molecule has 1 unspecified atom stereocenters. The van der Waals surface area contributed by atoms with Gasteiger partial charge in [-0.25, -0.2) is 4.79 Å². The van der Waals surface area contributed by atoms with Crippen molar-refractivity contribution >= 4 is 23.6 Å². The van der Waals surface area contributed by atoms with Gasteiger partial charge in [0.1, 0.15) is 24.2 Å². The van der Waals surface area contributed by atoms with Gasteiger partial charge in [-0.2, -0.15) is 0 Å². The lowest BCUT2D eigenvalue weighted by atomic mass is 9.79. The Labute approximate surface area is 223 Å². The molecule has 0 saturated heterocycles. The highest BCUT2D eigenvalue weighted by atomic mass is 16.5. The molecule has 3 aliphatic rings. The van der Waals surface area contributed by atoms with E-state index < -0.39 is 17.5 Å². The number of aliphatic carboxylic acids is 1. The van der Waals surface area contributed by atoms with Crippen molar-refractivity contribution in [3.05, 3.63) is 59.2 Å². The van der Waals surface area contributed by atoms with Gasteiger partial charge in [-0.05, 0) is 56.9 Å². The Bertz CT molecular complexity index is 1250. The normalized spacial score (nSPS) is 19.8. The van der Waals surface area contributed by atoms with Crippen LogP contribution < -0.4 is 20.1 Å². The first-order chi connectivity index (χ1) is 18.2. The molecule has 1 spiro atoms. The number of aliphatic hydroxyl groups is 1. The van der Waals surface area contributed by atoms with Crippen LogP contribution in [0.1, 0.15) is 68.6 Å². The number of carboxylic acid groups (broad SMARTS) is 1. The predicted molar refractivity (Wildman–Crippen MR) is 145 cm³/mol. The van der Waals surface area contributed by atoms with Gasteiger partial charge >= 0.3 is 5.97 Å². The van der Waals surface area contributed by atoms with Crippen molar-refractivity contribution in [3.63, 3.8) is 0 Å². The van der Waals surface area contributed by atoms with E-state index in [1.54, 1.807) is 6.07 Å². The Balaban J connectivity index is 1.17. The Hall–Kier alpha value is -3.36. The van der Waals surface area contributed by atoms with Crippen molar-refractivity contribution in [2.75, 3.05) is 25.1 Å². The lowest BCUT2D eigenvalue weighted by Gasteiger charge is -2.31. The van der Waals surface area contributed by atoms with Crippen LogP contribution in [-0.4, -0.2) is 53.5 Å². The van der Waals surface area contributed by atoms with Crippen molar-refractivity contribution in [2.24, 2.45) is 0 Å². The van der Waals surface area contributed by atoms with Crippen LogP contribution in [0.5, 0.6) is 11.5 Å². The number of aliphatic hydroxyl groups excluding tert-OH is 1. The third-order valence-corrected chi connectivity index (χ3v) is 7.97. The van der Waals surface area contributed by atoms with Gasteiger partial charge in [0.2, 0.25) is 5.91 Å². The average molecular weight is 521 g/mol. The molecule has 2 aliphatic carbocycles. The summed E-state index contributed by atoms with van der Waals surface area (Å²) < 4.78 is 11.6. The summed E-state index contributed by atoms with van der Waals surface area (Å²) in [5.74, 6) is 0.455. The first-order valence-corrected chi connectivity index (χ1v) is 13.4. The molecule has 1 amide bonds. The highest BCUT2D eigenvalue weighted by Gasteiger charge is 2.50. The number of nitrogens with one attached hydrogen (secondary N) is 2. The Kier molecular flexibility index (Phi) is 7.20. The first kappa shape index (κ1) is 26.3. The van der Waals surface area contributed by atoms with E-state index in [0.29, 0.717) is 18.0 Å². The number of fused-ring (bicyclic) bond motifs is 3. The molecule has 8 heteroatoms. The Morgan fingerprint density at radius 1 is 1.16 bits per heavy atom. The van der Waals surface area contributed by atoms with Gasteiger partial charge in [-0.3, -0.25) is 4.79 Å². The van der Waals surface area contributed by atoms with Crippen LogP contribution in [0.15, 0.2) is 42.5 Å². The molecule has 2 atom stereocenters. The van der Waals surface area contributed by atoms with Crippen LogP contribution in [-0.2, 0) is 15.0 Å². The van der Waals surface area contributed by atoms with E-state index in [9.17, 15) is 14.7 Å². The number of anilines is 1. The fourth-order valence-electron chi connectivity index (χ4n) is 6.14. The Morgan fingerprint density at radius 2 is 1.89 bits per heavy atom. The van der Waals surface area contributed by atoms with Gasteiger partial charge in [0, 0.05) is 34.8 Å². The summed E-state index contributed by atoms with van der Waals surface area (Å²) in [4.78, 5) is 23.7. The predicted octanol–water partition coefficient (Wildman–Crippen LogP) is 4.22. The van der Waals surface area contributed by atoms with Crippen LogP contribution in [0.4, 0.5) is 5.69 Å². The lowest BCUT2D eigenvalue weighted by Crippen LogP contribution is -2.45. The molecule has 5 rings (SSSR count). The van der Waals surface area contributed by atoms with Crippen molar-refractivity contribution < 1.29 is 29.3 Å². The quantitative estimate of drug-likeness (QED) is 0.350. The average Bonchev–Trinajstić information content (AvgIpc) is 3.60. The van der Waals surface area contributed by atoms with Crippen molar-refractivity contribution in [1.82, 2.24) is 5.32 Å². The minimum atomic E-state index is -1.01. The smallest absolute Gasteiger partial charge is 0.341 e. The number of hydrogen-bond acceptors (Lipinski definition) is 6. The third kappa shape index (κ3) is 5.15. The van der Waals surface area contributed by atoms with Crippen LogP contribution in [0, 0.1) is 0 Å². The number of hydrogen-bond donors (Lipinski definition) is 4. The van der Waals surface area contributed by atoms with Crippen LogP contribution in [0.25, 0.3) is 6.08 Å². The molecular weight excluding hydrogens is 484 g/mol. The molecule has 4 N–H and O–H groups in total. The topological polar surface area (TPSA) is 117 Å². The number of carbonyl (C=O) groups excluding carboxylic acids is 1. The largest absolute Gasteiger partial charge is 0.490 e. The van der Waals surface area contributed by atoms with E-state index in [1.165, 1.54) is 0 Å². The fourth-order valence-corrected chi connectivity index (χ4v) is 6.14. The lowest BCUT2D eigenvalue weighted by molar-refractivity contribution is -0.139. The number of allylic oxidation sites excluding steroid dienone is 1. The van der Waals surface area contributed by atoms with Crippen LogP contribution in [0.2, 0.25) is 0 Å². The summed E-state index contributed by atoms with van der Waals surface area (Å²) in [6.45, 7) is 4.31. The van der Waals surface area contributed by atoms with Gasteiger partial charge in [-0.15, -0.1) is 0 Å². The molecule has 0 aromatic heterocycles. The monoisotopic (exact) mass is 520 g/mol. The molecule has 202 valence electrons. The van der Waals surface area contributed by atoms with E-state index in [-0.39, 0.29) is 30.6 Å². The number of rotatable bonds is 11. The summed E-state index contributed by atoms with van der Waals surface area (Å²) in [7, 11) is 0. The standard InChI is InChI=1S/C30H36N2O6/c1-29(2,15-19-11-12-22-21(19)7-5-9-24(22)38-18-26(34)35)31-16-20(33)17-37-25-10-6-8-23-27(25)30(28(36)32-23)13-3-4-14-30/h5-12,19-20,31,33H,3-4,13-18H2,1-2H3,(H,32,36)(H,34,35)/t19?,20-/m0/s1. The van der Waals surface area contributed by atoms with Crippen LogP contribution >= 0.6 is 0 Å². The van der Waals surface area contributed by atoms with E-state index in [0.717, 1.165) is 54.5 Å². The molecule has 0 radical (unpaired) electrons. The fraction of sp³-hybridized carbons (Fsp3) is 0.467. The Morgan fingerprint density at radius 3 is 2.66 bits per heavy atom. The summed E-state index contributed by atoms with van der Waals surface area (Å²) in [6.07, 6.45) is 7.88. The summed E-state index contributed by atoms with van der Waals surface area (Å²) in [5, 5.41) is 26.2. The number of carboxylic acids is 1. The zero-order valence-electron chi connectivity index (χ0n) is 22.0. The van der Waals surface area contributed by atoms with Gasteiger partial charge in [0.05, 0.1) is 5.41 Å². The summed E-state index contributed by atoms with van der Waals surface area (Å²) in [5.41, 5.74) is 3.01. The van der Waals surface area contributed by atoms with E-state index in [2.05, 4.69) is 30.6 Å². The summed E-state index contributed by atoms with van der Waals surface area (Å²) in [6, 6.07) is 11.4. The maximum absolute atomic E-state index is 12.8. The third-order valence-electron chi connectivity index (χ3n) is 7.97. The SMILES string of the molecule is CC(C)(CC1C=Cc2c(OCC(=O)O)cccc21)NC[C@H](O)COc1cccc2c1C1(CCCC1)C(=O)N2. The van der Waals surface area contributed by atoms with Gasteiger partial charge in [-0.1, -0.05) is 43.2 Å². The number of ether oxygens (including phenoxy) is 2. The molecule has 0 bridgehead atoms. The molecular formula is C30H36N2O6. The number of benzene rings is 2. The zero-order chi connectivity index (χ0) is 26.9. The number of carbonyl (C=O) groups is 2. The molecule has 1 fully saturated rings. The van der Waals surface area contributed by atoms with Gasteiger partial charge < -0.3 is 30.3 Å². The van der Waals surface area contributed by atoms with Crippen molar-refractivity contribution in [2.45, 2.75) is 68.9 Å². The number of amides is 1. The highest BCUT2D eigenvalue weighted by Crippen LogP contribution is 2.52. The van der Waals surface area contributed by atoms with Gasteiger partial charge in [0.25, 0.3) is 0 Å². The minimum Gasteiger partial charge on any atom is -0.490 e. The van der Waals surface area contributed by atoms with Crippen molar-refractivity contribution in [3.8, 4) is 11.5 Å². The van der Waals surface area contributed by atoms with Crippen molar-refractivity contribution in [1.29, 1.82) is 0 Å². The molecule has 1 aliphatic heterocycles. The first-order valence-electron chi connectivity index (χ1n) is 13.4.